The van der Waals surface area contributed by atoms with Gasteiger partial charge in [-0.1, -0.05) is 38.1 Å². The first-order chi connectivity index (χ1) is 9.56. The zero-order valence-corrected chi connectivity index (χ0v) is 12.4. The standard InChI is InChI=1S/C17H25NO2/c1-11(2)12-3-5-13(6-4-12)16(19)17(10-18)9-14-7-8-15(17)20-14/h3-6,11,14-16,19H,7-10,18H2,1-2H3. The maximum absolute atomic E-state index is 10.9. The molecule has 3 N–H and O–H groups in total. The van der Waals surface area contributed by atoms with E-state index in [1.807, 2.05) is 12.1 Å². The molecule has 110 valence electrons. The van der Waals surface area contributed by atoms with Crippen molar-refractivity contribution in [2.24, 2.45) is 11.1 Å². The van der Waals surface area contributed by atoms with Crippen molar-refractivity contribution in [2.45, 2.75) is 57.3 Å². The number of fused-ring (bicyclic) bond motifs is 2. The van der Waals surface area contributed by atoms with Crippen LogP contribution < -0.4 is 5.73 Å². The summed E-state index contributed by atoms with van der Waals surface area (Å²) in [5.74, 6) is 0.510. The highest BCUT2D eigenvalue weighted by atomic mass is 16.5. The van der Waals surface area contributed by atoms with Crippen molar-refractivity contribution < 1.29 is 9.84 Å². The van der Waals surface area contributed by atoms with Crippen LogP contribution in [-0.2, 0) is 4.74 Å². The van der Waals surface area contributed by atoms with E-state index in [0.29, 0.717) is 18.6 Å². The van der Waals surface area contributed by atoms with E-state index in [-0.39, 0.29) is 11.5 Å². The summed E-state index contributed by atoms with van der Waals surface area (Å²) in [7, 11) is 0. The molecule has 0 aliphatic carbocycles. The van der Waals surface area contributed by atoms with Gasteiger partial charge in [-0.15, -0.1) is 0 Å². The van der Waals surface area contributed by atoms with Crippen molar-refractivity contribution in [3.63, 3.8) is 0 Å². The summed E-state index contributed by atoms with van der Waals surface area (Å²) in [6, 6.07) is 8.32. The normalized spacial score (nSPS) is 33.9. The second-order valence-corrected chi connectivity index (χ2v) is 6.69. The van der Waals surface area contributed by atoms with Crippen LogP contribution in [0.2, 0.25) is 0 Å². The Morgan fingerprint density at radius 2 is 1.90 bits per heavy atom. The lowest BCUT2D eigenvalue weighted by Crippen LogP contribution is -2.44. The molecule has 3 nitrogen and oxygen atoms in total. The van der Waals surface area contributed by atoms with E-state index in [1.54, 1.807) is 0 Å². The molecule has 20 heavy (non-hydrogen) atoms. The second kappa shape index (κ2) is 5.14. The summed E-state index contributed by atoms with van der Waals surface area (Å²) in [6.07, 6.45) is 2.94. The van der Waals surface area contributed by atoms with Crippen LogP contribution in [0.4, 0.5) is 0 Å². The third kappa shape index (κ3) is 2.09. The molecule has 2 fully saturated rings. The van der Waals surface area contributed by atoms with Gasteiger partial charge >= 0.3 is 0 Å². The number of hydrogen-bond acceptors (Lipinski definition) is 3. The Hall–Kier alpha value is -0.900. The van der Waals surface area contributed by atoms with E-state index < -0.39 is 6.10 Å². The number of benzene rings is 1. The molecule has 0 aromatic heterocycles. The van der Waals surface area contributed by atoms with Gasteiger partial charge in [-0.05, 0) is 36.3 Å². The number of aliphatic hydroxyl groups excluding tert-OH is 1. The first-order valence-electron chi connectivity index (χ1n) is 7.70. The molecule has 2 aliphatic rings. The monoisotopic (exact) mass is 275 g/mol. The highest BCUT2D eigenvalue weighted by Gasteiger charge is 2.55. The molecule has 0 amide bonds. The van der Waals surface area contributed by atoms with E-state index in [2.05, 4.69) is 26.0 Å². The number of hydrogen-bond donors (Lipinski definition) is 2. The molecule has 4 atom stereocenters. The van der Waals surface area contributed by atoms with E-state index >= 15 is 0 Å². The van der Waals surface area contributed by atoms with Crippen molar-refractivity contribution in [3.05, 3.63) is 35.4 Å². The van der Waals surface area contributed by atoms with Gasteiger partial charge in [0.05, 0.1) is 18.3 Å². The third-order valence-corrected chi connectivity index (χ3v) is 5.20. The van der Waals surface area contributed by atoms with Gasteiger partial charge in [-0.25, -0.2) is 0 Å². The summed E-state index contributed by atoms with van der Waals surface area (Å²) in [5, 5.41) is 10.9. The molecule has 3 heteroatoms. The molecular formula is C17H25NO2. The van der Waals surface area contributed by atoms with E-state index in [4.69, 9.17) is 10.5 Å². The van der Waals surface area contributed by atoms with Gasteiger partial charge in [0.25, 0.3) is 0 Å². The predicted octanol–water partition coefficient (Wildman–Crippen LogP) is 2.74. The molecule has 3 rings (SSSR count). The zero-order valence-electron chi connectivity index (χ0n) is 12.4. The Morgan fingerprint density at radius 3 is 2.35 bits per heavy atom. The van der Waals surface area contributed by atoms with Gasteiger partial charge in [0, 0.05) is 12.0 Å². The quantitative estimate of drug-likeness (QED) is 0.888. The first-order valence-corrected chi connectivity index (χ1v) is 7.70. The molecule has 2 heterocycles. The molecular weight excluding hydrogens is 250 g/mol. The predicted molar refractivity (Wildman–Crippen MR) is 79.5 cm³/mol. The molecule has 2 saturated heterocycles. The highest BCUT2D eigenvalue weighted by Crippen LogP contribution is 2.53. The average Bonchev–Trinajstić information content (AvgIpc) is 3.07. The minimum absolute atomic E-state index is 0.122. The Labute approximate surface area is 121 Å². The average molecular weight is 275 g/mol. The second-order valence-electron chi connectivity index (χ2n) is 6.69. The van der Waals surface area contributed by atoms with Gasteiger partial charge < -0.3 is 15.6 Å². The van der Waals surface area contributed by atoms with Crippen LogP contribution in [0.1, 0.15) is 56.3 Å². The van der Waals surface area contributed by atoms with Gasteiger partial charge in [0.1, 0.15) is 0 Å². The molecule has 2 bridgehead atoms. The molecule has 1 aromatic rings. The number of nitrogens with two attached hydrogens (primary N) is 1. The zero-order chi connectivity index (χ0) is 14.3. The number of ether oxygens (including phenoxy) is 1. The van der Waals surface area contributed by atoms with Crippen molar-refractivity contribution in [1.82, 2.24) is 0 Å². The summed E-state index contributed by atoms with van der Waals surface area (Å²) >= 11 is 0. The Balaban J connectivity index is 1.85. The van der Waals surface area contributed by atoms with Gasteiger partial charge in [-0.3, -0.25) is 0 Å². The van der Waals surface area contributed by atoms with Gasteiger partial charge in [0.15, 0.2) is 0 Å². The van der Waals surface area contributed by atoms with Crippen molar-refractivity contribution >= 4 is 0 Å². The van der Waals surface area contributed by atoms with Crippen LogP contribution in [0.15, 0.2) is 24.3 Å². The van der Waals surface area contributed by atoms with Crippen LogP contribution in [0.25, 0.3) is 0 Å². The summed E-state index contributed by atoms with van der Waals surface area (Å²) in [5.41, 5.74) is 8.01. The van der Waals surface area contributed by atoms with Crippen LogP contribution in [0.5, 0.6) is 0 Å². The molecule has 0 saturated carbocycles. The van der Waals surface area contributed by atoms with Crippen molar-refractivity contribution in [2.75, 3.05) is 6.54 Å². The fourth-order valence-corrected chi connectivity index (χ4v) is 3.84. The van der Waals surface area contributed by atoms with Crippen LogP contribution in [0, 0.1) is 5.41 Å². The van der Waals surface area contributed by atoms with Crippen LogP contribution in [-0.4, -0.2) is 23.9 Å². The number of aliphatic hydroxyl groups is 1. The van der Waals surface area contributed by atoms with Crippen molar-refractivity contribution in [3.8, 4) is 0 Å². The fourth-order valence-electron chi connectivity index (χ4n) is 3.84. The maximum Gasteiger partial charge on any atom is 0.0884 e. The van der Waals surface area contributed by atoms with E-state index in [0.717, 1.165) is 24.8 Å². The van der Waals surface area contributed by atoms with Crippen molar-refractivity contribution in [1.29, 1.82) is 0 Å². The lowest BCUT2D eigenvalue weighted by atomic mass is 9.68. The third-order valence-electron chi connectivity index (χ3n) is 5.20. The Kier molecular flexibility index (Phi) is 3.61. The summed E-state index contributed by atoms with van der Waals surface area (Å²) in [4.78, 5) is 0. The molecule has 1 aromatic carbocycles. The minimum Gasteiger partial charge on any atom is -0.388 e. The first kappa shape index (κ1) is 14.1. The molecule has 2 aliphatic heterocycles. The largest absolute Gasteiger partial charge is 0.388 e. The lowest BCUT2D eigenvalue weighted by Gasteiger charge is -2.38. The molecule has 4 unspecified atom stereocenters. The fraction of sp³-hybridized carbons (Fsp3) is 0.647. The maximum atomic E-state index is 10.9. The molecule has 0 radical (unpaired) electrons. The topological polar surface area (TPSA) is 55.5 Å². The smallest absolute Gasteiger partial charge is 0.0884 e. The summed E-state index contributed by atoms with van der Waals surface area (Å²) in [6.45, 7) is 4.84. The van der Waals surface area contributed by atoms with Crippen LogP contribution >= 0.6 is 0 Å². The minimum atomic E-state index is -0.524. The number of rotatable bonds is 4. The Morgan fingerprint density at radius 1 is 1.25 bits per heavy atom. The summed E-state index contributed by atoms with van der Waals surface area (Å²) < 4.78 is 5.94. The molecule has 0 spiro atoms. The van der Waals surface area contributed by atoms with Gasteiger partial charge in [-0.2, -0.15) is 0 Å². The van der Waals surface area contributed by atoms with E-state index in [9.17, 15) is 5.11 Å². The Bertz CT molecular complexity index is 470. The van der Waals surface area contributed by atoms with Crippen LogP contribution in [0.3, 0.4) is 0 Å². The highest BCUT2D eigenvalue weighted by molar-refractivity contribution is 5.28. The van der Waals surface area contributed by atoms with Gasteiger partial charge in [0.2, 0.25) is 0 Å². The SMILES string of the molecule is CC(C)c1ccc(C(O)C2(CN)CC3CCC2O3)cc1. The van der Waals surface area contributed by atoms with E-state index in [1.165, 1.54) is 5.56 Å². The lowest BCUT2D eigenvalue weighted by molar-refractivity contribution is -0.0264.